The molecule has 1 aliphatic heterocycles. The molecule has 1 aromatic carbocycles. The van der Waals surface area contributed by atoms with E-state index in [1.807, 2.05) is 29.6 Å². The smallest absolute Gasteiger partial charge is 0.325 e. The predicted molar refractivity (Wildman–Crippen MR) is 83.9 cm³/mol. The highest BCUT2D eigenvalue weighted by molar-refractivity contribution is 6.10. The Hall–Kier alpha value is -2.90. The van der Waals surface area contributed by atoms with Gasteiger partial charge in [0.1, 0.15) is 12.1 Å². The molecule has 2 aliphatic rings. The first-order valence-electron chi connectivity index (χ1n) is 7.72. The SMILES string of the molecule is CNC(=O)NC(=O)CN1C(=O)NC2(CCCc3ccccc32)C1=O. The number of nitrogens with zero attached hydrogens (tertiary/aromatic N) is 1. The summed E-state index contributed by atoms with van der Waals surface area (Å²) in [5, 5.41) is 7.04. The molecule has 8 nitrogen and oxygen atoms in total. The highest BCUT2D eigenvalue weighted by Crippen LogP contribution is 2.39. The van der Waals surface area contributed by atoms with Crippen LogP contribution in [0.5, 0.6) is 0 Å². The van der Waals surface area contributed by atoms with E-state index in [0.29, 0.717) is 6.42 Å². The molecule has 1 unspecified atom stereocenters. The van der Waals surface area contributed by atoms with E-state index < -0.39 is 36.0 Å². The monoisotopic (exact) mass is 330 g/mol. The fourth-order valence-corrected chi connectivity index (χ4v) is 3.33. The van der Waals surface area contributed by atoms with Crippen molar-refractivity contribution >= 4 is 23.9 Å². The second kappa shape index (κ2) is 5.95. The van der Waals surface area contributed by atoms with E-state index >= 15 is 0 Å². The summed E-state index contributed by atoms with van der Waals surface area (Å²) in [6.45, 7) is -0.498. The van der Waals surface area contributed by atoms with Gasteiger partial charge in [0.2, 0.25) is 5.91 Å². The van der Waals surface area contributed by atoms with Crippen molar-refractivity contribution in [3.63, 3.8) is 0 Å². The molecule has 24 heavy (non-hydrogen) atoms. The van der Waals surface area contributed by atoms with Crippen LogP contribution in [0.3, 0.4) is 0 Å². The lowest BCUT2D eigenvalue weighted by Gasteiger charge is -2.33. The minimum atomic E-state index is -1.11. The maximum absolute atomic E-state index is 12.9. The van der Waals surface area contributed by atoms with Gasteiger partial charge in [0.05, 0.1) is 0 Å². The highest BCUT2D eigenvalue weighted by Gasteiger charge is 2.54. The van der Waals surface area contributed by atoms with Crippen LogP contribution in [0, 0.1) is 0 Å². The Morgan fingerprint density at radius 2 is 2.04 bits per heavy atom. The van der Waals surface area contributed by atoms with Crippen LogP contribution in [0.2, 0.25) is 0 Å². The van der Waals surface area contributed by atoms with Crippen molar-refractivity contribution in [3.8, 4) is 0 Å². The number of imide groups is 2. The van der Waals surface area contributed by atoms with Gasteiger partial charge in [-0.05, 0) is 30.4 Å². The van der Waals surface area contributed by atoms with Crippen LogP contribution in [-0.4, -0.2) is 42.4 Å². The summed E-state index contributed by atoms with van der Waals surface area (Å²) in [4.78, 5) is 49.0. The first kappa shape index (κ1) is 16.0. The Balaban J connectivity index is 1.85. The van der Waals surface area contributed by atoms with Gasteiger partial charge in [-0.15, -0.1) is 0 Å². The van der Waals surface area contributed by atoms with Crippen LogP contribution in [0.1, 0.15) is 24.0 Å². The Kier molecular flexibility index (Phi) is 3.96. The number of carbonyl (C=O) groups is 4. The largest absolute Gasteiger partial charge is 0.341 e. The molecule has 1 heterocycles. The van der Waals surface area contributed by atoms with Crippen molar-refractivity contribution in [2.24, 2.45) is 0 Å². The van der Waals surface area contributed by atoms with E-state index in [4.69, 9.17) is 0 Å². The van der Waals surface area contributed by atoms with Crippen molar-refractivity contribution in [2.45, 2.75) is 24.8 Å². The molecule has 1 aliphatic carbocycles. The Morgan fingerprint density at radius 1 is 1.29 bits per heavy atom. The lowest BCUT2D eigenvalue weighted by molar-refractivity contribution is -0.135. The molecule has 0 aromatic heterocycles. The third-order valence-corrected chi connectivity index (χ3v) is 4.43. The van der Waals surface area contributed by atoms with Gasteiger partial charge >= 0.3 is 12.1 Å². The van der Waals surface area contributed by atoms with Crippen molar-refractivity contribution in [3.05, 3.63) is 35.4 Å². The highest BCUT2D eigenvalue weighted by atomic mass is 16.2. The van der Waals surface area contributed by atoms with Gasteiger partial charge in [0.25, 0.3) is 5.91 Å². The molecule has 1 fully saturated rings. The number of nitrogens with one attached hydrogen (secondary N) is 3. The normalized spacial score (nSPS) is 22.1. The molecule has 0 saturated carbocycles. The third kappa shape index (κ3) is 2.49. The zero-order valence-electron chi connectivity index (χ0n) is 13.2. The van der Waals surface area contributed by atoms with E-state index in [0.717, 1.165) is 28.9 Å². The van der Waals surface area contributed by atoms with Gasteiger partial charge < -0.3 is 10.6 Å². The van der Waals surface area contributed by atoms with Crippen LogP contribution >= 0.6 is 0 Å². The molecule has 3 rings (SSSR count). The number of rotatable bonds is 2. The minimum Gasteiger partial charge on any atom is -0.341 e. The zero-order valence-corrected chi connectivity index (χ0v) is 13.2. The number of amides is 6. The fourth-order valence-electron chi connectivity index (χ4n) is 3.33. The van der Waals surface area contributed by atoms with Gasteiger partial charge in [-0.2, -0.15) is 0 Å². The number of hydrogen-bond donors (Lipinski definition) is 3. The lowest BCUT2D eigenvalue weighted by Crippen LogP contribution is -2.48. The predicted octanol–water partition coefficient (Wildman–Crippen LogP) is 0.226. The maximum Gasteiger partial charge on any atom is 0.325 e. The second-order valence-electron chi connectivity index (χ2n) is 5.86. The summed E-state index contributed by atoms with van der Waals surface area (Å²) < 4.78 is 0. The third-order valence-electron chi connectivity index (χ3n) is 4.43. The fraction of sp³-hybridized carbons (Fsp3) is 0.375. The number of aryl methyl sites for hydroxylation is 1. The average Bonchev–Trinajstić information content (AvgIpc) is 2.80. The number of urea groups is 2. The molecule has 1 saturated heterocycles. The molecule has 0 bridgehead atoms. The number of carbonyl (C=O) groups excluding carboxylic acids is 4. The topological polar surface area (TPSA) is 108 Å². The molecule has 0 radical (unpaired) electrons. The van der Waals surface area contributed by atoms with Gasteiger partial charge in [-0.3, -0.25) is 19.8 Å². The van der Waals surface area contributed by atoms with Crippen molar-refractivity contribution in [1.82, 2.24) is 20.9 Å². The van der Waals surface area contributed by atoms with E-state index in [-0.39, 0.29) is 0 Å². The van der Waals surface area contributed by atoms with Crippen LogP contribution in [-0.2, 0) is 21.5 Å². The Labute approximate surface area is 138 Å². The van der Waals surface area contributed by atoms with Gasteiger partial charge in [-0.1, -0.05) is 24.3 Å². The molecular formula is C16H18N4O4. The van der Waals surface area contributed by atoms with E-state index in [9.17, 15) is 19.2 Å². The molecule has 126 valence electrons. The summed E-state index contributed by atoms with van der Waals surface area (Å²) in [6.07, 6.45) is 2.10. The molecule has 6 amide bonds. The second-order valence-corrected chi connectivity index (χ2v) is 5.86. The van der Waals surface area contributed by atoms with Gasteiger partial charge in [-0.25, -0.2) is 9.59 Å². The average molecular weight is 330 g/mol. The van der Waals surface area contributed by atoms with Gasteiger partial charge in [0.15, 0.2) is 0 Å². The first-order chi connectivity index (χ1) is 11.5. The van der Waals surface area contributed by atoms with Crippen molar-refractivity contribution in [1.29, 1.82) is 0 Å². The standard InChI is InChI=1S/C16H18N4O4/c1-17-14(23)18-12(21)9-20-13(22)16(19-15(20)24)8-4-6-10-5-2-3-7-11(10)16/h2-3,5,7H,4,6,8-9H2,1H3,(H,19,24)(H2,17,18,21,23). The summed E-state index contributed by atoms with van der Waals surface area (Å²) in [5.74, 6) is -1.18. The van der Waals surface area contributed by atoms with Crippen molar-refractivity contribution in [2.75, 3.05) is 13.6 Å². The summed E-state index contributed by atoms with van der Waals surface area (Å²) in [5.41, 5.74) is 0.692. The van der Waals surface area contributed by atoms with Gasteiger partial charge in [0, 0.05) is 7.05 Å². The van der Waals surface area contributed by atoms with E-state index in [1.165, 1.54) is 7.05 Å². The summed E-state index contributed by atoms with van der Waals surface area (Å²) >= 11 is 0. The lowest BCUT2D eigenvalue weighted by atomic mass is 9.76. The molecular weight excluding hydrogens is 312 g/mol. The molecule has 8 heteroatoms. The zero-order chi connectivity index (χ0) is 17.3. The van der Waals surface area contributed by atoms with E-state index in [2.05, 4.69) is 10.6 Å². The molecule has 1 aromatic rings. The first-order valence-corrected chi connectivity index (χ1v) is 7.72. The van der Waals surface area contributed by atoms with Crippen LogP contribution in [0.4, 0.5) is 9.59 Å². The molecule has 1 spiro atoms. The number of benzene rings is 1. The number of fused-ring (bicyclic) bond motifs is 2. The summed E-state index contributed by atoms with van der Waals surface area (Å²) in [6, 6.07) is 6.19. The van der Waals surface area contributed by atoms with Crippen LogP contribution < -0.4 is 16.0 Å². The van der Waals surface area contributed by atoms with Crippen LogP contribution in [0.15, 0.2) is 24.3 Å². The summed E-state index contributed by atoms with van der Waals surface area (Å²) in [7, 11) is 1.37. The van der Waals surface area contributed by atoms with Crippen molar-refractivity contribution < 1.29 is 19.2 Å². The molecule has 3 N–H and O–H groups in total. The Morgan fingerprint density at radius 3 is 2.79 bits per heavy atom. The molecule has 1 atom stereocenters. The quantitative estimate of drug-likeness (QED) is 0.674. The number of hydrogen-bond acceptors (Lipinski definition) is 4. The van der Waals surface area contributed by atoms with E-state index in [1.54, 1.807) is 0 Å². The Bertz CT molecular complexity index is 733. The van der Waals surface area contributed by atoms with Crippen LogP contribution in [0.25, 0.3) is 0 Å². The minimum absolute atomic E-state index is 0.452. The maximum atomic E-state index is 12.9.